The van der Waals surface area contributed by atoms with Crippen LogP contribution in [0.4, 0.5) is 4.39 Å². The predicted molar refractivity (Wildman–Crippen MR) is 117 cm³/mol. The Hall–Kier alpha value is -3.60. The van der Waals surface area contributed by atoms with Crippen LogP contribution in [0.5, 0.6) is 0 Å². The molecule has 0 spiro atoms. The summed E-state index contributed by atoms with van der Waals surface area (Å²) in [5.74, 6) is -0.304. The molecular formula is C25H19FN4. The van der Waals surface area contributed by atoms with Gasteiger partial charge in [-0.2, -0.15) is 0 Å². The van der Waals surface area contributed by atoms with Crippen molar-refractivity contribution < 1.29 is 4.39 Å². The number of halogens is 1. The molecule has 0 aliphatic heterocycles. The second-order valence-electron chi connectivity index (χ2n) is 7.86. The van der Waals surface area contributed by atoms with Gasteiger partial charge in [0, 0.05) is 45.9 Å². The first-order valence-corrected chi connectivity index (χ1v) is 10.3. The van der Waals surface area contributed by atoms with E-state index in [0.29, 0.717) is 17.1 Å². The molecule has 1 aliphatic carbocycles. The zero-order valence-corrected chi connectivity index (χ0v) is 16.3. The van der Waals surface area contributed by atoms with Gasteiger partial charge >= 0.3 is 0 Å². The van der Waals surface area contributed by atoms with Gasteiger partial charge in [0.1, 0.15) is 17.5 Å². The molecule has 3 heterocycles. The third-order valence-electron chi connectivity index (χ3n) is 6.12. The molecule has 0 saturated heterocycles. The van der Waals surface area contributed by atoms with E-state index in [1.54, 1.807) is 12.5 Å². The summed E-state index contributed by atoms with van der Waals surface area (Å²) in [6.07, 6.45) is 8.87. The van der Waals surface area contributed by atoms with Crippen LogP contribution < -0.4 is 0 Å². The minimum Gasteiger partial charge on any atom is -0.329 e. The van der Waals surface area contributed by atoms with Crippen LogP contribution in [-0.4, -0.2) is 19.5 Å². The fourth-order valence-electron chi connectivity index (χ4n) is 4.28. The zero-order chi connectivity index (χ0) is 20.1. The molecule has 3 aromatic heterocycles. The Morgan fingerprint density at radius 2 is 1.77 bits per heavy atom. The van der Waals surface area contributed by atoms with Crippen molar-refractivity contribution in [3.05, 3.63) is 79.1 Å². The average molecular weight is 394 g/mol. The van der Waals surface area contributed by atoms with Gasteiger partial charge in [0.25, 0.3) is 0 Å². The number of aromatic nitrogens is 4. The van der Waals surface area contributed by atoms with E-state index >= 15 is 4.39 Å². The molecule has 2 aromatic carbocycles. The maximum absolute atomic E-state index is 15.8. The standard InChI is InChI=1S/C25H19FN4/c26-23-19(21-14-30(18-7-4-8-18)25-20(21)13-27-15-28-25)11-9-17-10-12-22(29-24(17)23)16-5-2-1-3-6-16/h1-3,5-6,9-15,18H,4,7-8H2. The minimum atomic E-state index is -0.304. The van der Waals surface area contributed by atoms with Gasteiger partial charge in [-0.15, -0.1) is 0 Å². The maximum Gasteiger partial charge on any atom is 0.157 e. The van der Waals surface area contributed by atoms with Gasteiger partial charge in [-0.05, 0) is 25.3 Å². The van der Waals surface area contributed by atoms with E-state index in [1.165, 1.54) is 6.42 Å². The van der Waals surface area contributed by atoms with E-state index in [-0.39, 0.29) is 5.82 Å². The summed E-state index contributed by atoms with van der Waals surface area (Å²) in [7, 11) is 0. The third kappa shape index (κ3) is 2.62. The molecule has 1 saturated carbocycles. The first kappa shape index (κ1) is 17.3. The Balaban J connectivity index is 1.56. The summed E-state index contributed by atoms with van der Waals surface area (Å²) in [6.45, 7) is 0. The van der Waals surface area contributed by atoms with Crippen molar-refractivity contribution in [3.8, 4) is 22.4 Å². The molecule has 0 atom stereocenters. The van der Waals surface area contributed by atoms with Crippen LogP contribution in [-0.2, 0) is 0 Å². The lowest BCUT2D eigenvalue weighted by atomic mass is 9.93. The lowest BCUT2D eigenvalue weighted by Crippen LogP contribution is -2.16. The highest BCUT2D eigenvalue weighted by Crippen LogP contribution is 2.39. The van der Waals surface area contributed by atoms with E-state index in [9.17, 15) is 0 Å². The van der Waals surface area contributed by atoms with Crippen LogP contribution in [0.15, 0.2) is 73.3 Å². The van der Waals surface area contributed by atoms with Crippen molar-refractivity contribution in [1.29, 1.82) is 0 Å². The fraction of sp³-hybridized carbons (Fsp3) is 0.160. The van der Waals surface area contributed by atoms with Crippen molar-refractivity contribution >= 4 is 21.9 Å². The van der Waals surface area contributed by atoms with Crippen LogP contribution in [0.25, 0.3) is 44.3 Å². The lowest BCUT2D eigenvalue weighted by Gasteiger charge is -2.27. The Kier molecular flexibility index (Phi) is 3.88. The highest BCUT2D eigenvalue weighted by molar-refractivity contribution is 5.97. The summed E-state index contributed by atoms with van der Waals surface area (Å²) in [5.41, 5.74) is 4.35. The highest BCUT2D eigenvalue weighted by Gasteiger charge is 2.24. The summed E-state index contributed by atoms with van der Waals surface area (Å²) in [5, 5.41) is 1.66. The molecule has 4 nitrogen and oxygen atoms in total. The molecule has 0 amide bonds. The van der Waals surface area contributed by atoms with Gasteiger partial charge in [0.15, 0.2) is 5.82 Å². The van der Waals surface area contributed by atoms with Crippen molar-refractivity contribution in [1.82, 2.24) is 19.5 Å². The fourth-order valence-corrected chi connectivity index (χ4v) is 4.28. The number of rotatable bonds is 3. The average Bonchev–Trinajstić information content (AvgIpc) is 3.12. The summed E-state index contributed by atoms with van der Waals surface area (Å²) < 4.78 is 18.0. The molecule has 0 radical (unpaired) electrons. The normalized spacial score (nSPS) is 14.3. The number of hydrogen-bond donors (Lipinski definition) is 0. The number of nitrogens with zero attached hydrogens (tertiary/aromatic N) is 4. The Morgan fingerprint density at radius 3 is 2.57 bits per heavy atom. The van der Waals surface area contributed by atoms with E-state index in [2.05, 4.69) is 19.5 Å². The maximum atomic E-state index is 15.8. The quantitative estimate of drug-likeness (QED) is 0.367. The van der Waals surface area contributed by atoms with Crippen LogP contribution in [0, 0.1) is 5.82 Å². The van der Waals surface area contributed by atoms with E-state index < -0.39 is 0 Å². The molecule has 5 heteroatoms. The summed E-state index contributed by atoms with van der Waals surface area (Å²) >= 11 is 0. The Bertz CT molecular complexity index is 1390. The molecule has 1 aliphatic rings. The zero-order valence-electron chi connectivity index (χ0n) is 16.3. The molecule has 0 unspecified atom stereocenters. The SMILES string of the molecule is Fc1c(-c2cn(C3CCC3)c3ncncc23)ccc2ccc(-c3ccccc3)nc12. The van der Waals surface area contributed by atoms with Crippen molar-refractivity contribution in [2.24, 2.45) is 0 Å². The molecule has 5 aromatic rings. The molecule has 0 bridgehead atoms. The summed E-state index contributed by atoms with van der Waals surface area (Å²) in [6, 6.07) is 17.9. The number of benzene rings is 2. The second kappa shape index (κ2) is 6.73. The number of fused-ring (bicyclic) bond motifs is 2. The van der Waals surface area contributed by atoms with E-state index in [4.69, 9.17) is 0 Å². The van der Waals surface area contributed by atoms with Gasteiger partial charge in [-0.1, -0.05) is 48.5 Å². The minimum absolute atomic E-state index is 0.304. The first-order valence-electron chi connectivity index (χ1n) is 10.3. The number of pyridine rings is 1. The van der Waals surface area contributed by atoms with Crippen LogP contribution in [0.1, 0.15) is 25.3 Å². The molecule has 0 N–H and O–H groups in total. The Labute approximate surface area is 173 Å². The van der Waals surface area contributed by atoms with Gasteiger partial charge in [-0.3, -0.25) is 0 Å². The number of hydrogen-bond acceptors (Lipinski definition) is 3. The van der Waals surface area contributed by atoms with Gasteiger partial charge in [0.05, 0.1) is 5.69 Å². The van der Waals surface area contributed by atoms with Gasteiger partial charge in [-0.25, -0.2) is 19.3 Å². The van der Waals surface area contributed by atoms with Crippen molar-refractivity contribution in [2.45, 2.75) is 25.3 Å². The topological polar surface area (TPSA) is 43.6 Å². The van der Waals surface area contributed by atoms with Crippen molar-refractivity contribution in [2.75, 3.05) is 0 Å². The molecule has 146 valence electrons. The van der Waals surface area contributed by atoms with Crippen LogP contribution in [0.3, 0.4) is 0 Å². The molecular weight excluding hydrogens is 375 g/mol. The largest absolute Gasteiger partial charge is 0.329 e. The van der Waals surface area contributed by atoms with Crippen molar-refractivity contribution in [3.63, 3.8) is 0 Å². The van der Waals surface area contributed by atoms with E-state index in [1.807, 2.05) is 60.8 Å². The van der Waals surface area contributed by atoms with Gasteiger partial charge < -0.3 is 4.57 Å². The molecule has 1 fully saturated rings. The van der Waals surface area contributed by atoms with Crippen LogP contribution >= 0.6 is 0 Å². The van der Waals surface area contributed by atoms with E-state index in [0.717, 1.165) is 46.1 Å². The predicted octanol–water partition coefficient (Wildman–Crippen LogP) is 6.18. The third-order valence-corrected chi connectivity index (χ3v) is 6.12. The van der Waals surface area contributed by atoms with Gasteiger partial charge in [0.2, 0.25) is 0 Å². The second-order valence-corrected chi connectivity index (χ2v) is 7.86. The molecule has 6 rings (SSSR count). The monoisotopic (exact) mass is 394 g/mol. The van der Waals surface area contributed by atoms with Crippen LogP contribution in [0.2, 0.25) is 0 Å². The first-order chi connectivity index (χ1) is 14.8. The lowest BCUT2D eigenvalue weighted by molar-refractivity contribution is 0.320. The molecule has 30 heavy (non-hydrogen) atoms. The summed E-state index contributed by atoms with van der Waals surface area (Å²) in [4.78, 5) is 13.4. The Morgan fingerprint density at radius 1 is 0.933 bits per heavy atom. The highest BCUT2D eigenvalue weighted by atomic mass is 19.1. The smallest absolute Gasteiger partial charge is 0.157 e.